The zero-order chi connectivity index (χ0) is 30.2. The van der Waals surface area contributed by atoms with Crippen molar-refractivity contribution >= 4 is 33.5 Å². The molecule has 1 aliphatic heterocycles. The van der Waals surface area contributed by atoms with Gasteiger partial charge in [0, 0.05) is 24.0 Å². The number of rotatable bonds is 5. The van der Waals surface area contributed by atoms with Gasteiger partial charge in [0.15, 0.2) is 5.84 Å². The van der Waals surface area contributed by atoms with E-state index in [-0.39, 0.29) is 24.0 Å². The zero-order valence-electron chi connectivity index (χ0n) is 24.0. The van der Waals surface area contributed by atoms with Crippen LogP contribution in [0.25, 0.3) is 20.7 Å². The molecule has 12 heteroatoms. The largest absolute Gasteiger partial charge is 0.444 e. The van der Waals surface area contributed by atoms with Crippen molar-refractivity contribution in [2.24, 2.45) is 16.8 Å². The van der Waals surface area contributed by atoms with Crippen LogP contribution in [0.1, 0.15) is 46.6 Å². The van der Waals surface area contributed by atoms with Crippen molar-refractivity contribution in [1.82, 2.24) is 19.5 Å². The van der Waals surface area contributed by atoms with E-state index in [0.29, 0.717) is 36.1 Å². The molecule has 3 heterocycles. The van der Waals surface area contributed by atoms with E-state index in [4.69, 9.17) is 16.4 Å². The number of thiophene rings is 1. The number of likely N-dealkylation sites (tertiary alicyclic amines) is 1. The fraction of sp³-hybridized carbons (Fsp3) is 0.379. The van der Waals surface area contributed by atoms with Gasteiger partial charge in [-0.3, -0.25) is 13.9 Å². The highest BCUT2D eigenvalue weighted by Gasteiger charge is 2.30. The minimum atomic E-state index is -0.599. The predicted molar refractivity (Wildman–Crippen MR) is 166 cm³/mol. The third-order valence-corrected chi connectivity index (χ3v) is 7.51. The Morgan fingerprint density at radius 1 is 1.22 bits per heavy atom. The molecule has 1 saturated heterocycles. The Labute approximate surface area is 243 Å². The second-order valence-corrected chi connectivity index (χ2v) is 11.5. The molecule has 1 fully saturated rings. The number of fused-ring (bicyclic) bond motifs is 1. The number of carbonyl (C=O) groups excluding carboxylic acids is 1. The number of piperidine rings is 1. The fourth-order valence-corrected chi connectivity index (χ4v) is 5.53. The minimum absolute atomic E-state index is 0.0235. The van der Waals surface area contributed by atoms with E-state index in [2.05, 4.69) is 17.1 Å². The molecule has 0 aliphatic carbocycles. The average molecular weight is 582 g/mol. The Morgan fingerprint density at radius 3 is 2.39 bits per heavy atom. The Bertz CT molecular complexity index is 1520. The van der Waals surface area contributed by atoms with E-state index >= 15 is 0 Å². The van der Waals surface area contributed by atoms with Gasteiger partial charge in [-0.25, -0.2) is 15.4 Å². The Balaban J connectivity index is 0.000000850. The first-order valence-electron chi connectivity index (χ1n) is 13.3. The molecule has 220 valence electrons. The molecular formula is C29H39N7O4S. The number of hydrogen-bond donors (Lipinski definition) is 3. The molecule has 0 atom stereocenters. The quantitative estimate of drug-likeness (QED) is 0.136. The first-order chi connectivity index (χ1) is 19.5. The van der Waals surface area contributed by atoms with Gasteiger partial charge in [-0.1, -0.05) is 55.1 Å². The van der Waals surface area contributed by atoms with Crippen LogP contribution in [0, 0.1) is 0 Å². The SMILES string of the molecule is C=C/C=C\C.CC(C)(C)OC(=O)N1CCC(n2c(=O)c3sc(-c4ccccc4)cc3n(C/C(=N/N)NN)c2=O)CC1. The van der Waals surface area contributed by atoms with Crippen LogP contribution in [0.2, 0.25) is 0 Å². The Hall–Kier alpha value is -4.16. The average Bonchev–Trinajstić information content (AvgIpc) is 3.40. The zero-order valence-corrected chi connectivity index (χ0v) is 24.8. The smallest absolute Gasteiger partial charge is 0.410 e. The van der Waals surface area contributed by atoms with Crippen LogP contribution >= 0.6 is 11.3 Å². The maximum atomic E-state index is 13.7. The molecule has 2 aromatic heterocycles. The lowest BCUT2D eigenvalue weighted by molar-refractivity contribution is 0.0186. The highest BCUT2D eigenvalue weighted by molar-refractivity contribution is 7.22. The first-order valence-corrected chi connectivity index (χ1v) is 14.2. The summed E-state index contributed by atoms with van der Waals surface area (Å²) in [5, 5.41) is 3.62. The molecular weight excluding hydrogens is 542 g/mol. The number of hydrazone groups is 1. The summed E-state index contributed by atoms with van der Waals surface area (Å²) in [5.41, 5.74) is 2.42. The maximum absolute atomic E-state index is 13.7. The van der Waals surface area contributed by atoms with Crippen molar-refractivity contribution in [1.29, 1.82) is 0 Å². The number of nitrogens with one attached hydrogen (secondary N) is 1. The van der Waals surface area contributed by atoms with Crippen molar-refractivity contribution in [3.8, 4) is 10.4 Å². The predicted octanol–water partition coefficient (Wildman–Crippen LogP) is 3.95. The molecule has 0 saturated carbocycles. The number of benzene rings is 1. The molecule has 0 spiro atoms. The molecule has 1 amide bonds. The molecule has 0 radical (unpaired) electrons. The molecule has 5 N–H and O–H groups in total. The lowest BCUT2D eigenvalue weighted by Crippen LogP contribution is -2.48. The maximum Gasteiger partial charge on any atom is 0.410 e. The van der Waals surface area contributed by atoms with Crippen LogP contribution in [0.5, 0.6) is 0 Å². The van der Waals surface area contributed by atoms with Crippen LogP contribution in [-0.4, -0.2) is 44.7 Å². The lowest BCUT2D eigenvalue weighted by Gasteiger charge is -2.34. The highest BCUT2D eigenvalue weighted by atomic mass is 32.1. The second kappa shape index (κ2) is 14.0. The van der Waals surface area contributed by atoms with Gasteiger partial charge in [0.25, 0.3) is 5.56 Å². The summed E-state index contributed by atoms with van der Waals surface area (Å²) in [5.74, 6) is 11.2. The van der Waals surface area contributed by atoms with Crippen molar-refractivity contribution in [3.63, 3.8) is 0 Å². The van der Waals surface area contributed by atoms with E-state index in [1.807, 2.05) is 76.2 Å². The Kier molecular flexibility index (Phi) is 10.7. The molecule has 3 aromatic rings. The van der Waals surface area contributed by atoms with E-state index in [9.17, 15) is 14.4 Å². The van der Waals surface area contributed by atoms with Crippen LogP contribution in [0.4, 0.5) is 4.79 Å². The normalized spacial score (nSPS) is 14.6. The number of nitrogens with zero attached hydrogens (tertiary/aromatic N) is 4. The summed E-state index contributed by atoms with van der Waals surface area (Å²) < 4.78 is 8.68. The van der Waals surface area contributed by atoms with Crippen LogP contribution < -0.4 is 28.4 Å². The molecule has 11 nitrogen and oxygen atoms in total. The van der Waals surface area contributed by atoms with Crippen molar-refractivity contribution < 1.29 is 9.53 Å². The highest BCUT2D eigenvalue weighted by Crippen LogP contribution is 2.32. The van der Waals surface area contributed by atoms with Crippen molar-refractivity contribution in [2.75, 3.05) is 13.1 Å². The number of hydrazine groups is 1. The summed E-state index contributed by atoms with van der Waals surface area (Å²) >= 11 is 1.33. The molecule has 1 aliphatic rings. The molecule has 0 unspecified atom stereocenters. The van der Waals surface area contributed by atoms with E-state index in [0.717, 1.165) is 10.4 Å². The third kappa shape index (κ3) is 7.74. The summed E-state index contributed by atoms with van der Waals surface area (Å²) in [4.78, 5) is 42.3. The van der Waals surface area contributed by atoms with Gasteiger partial charge in [0.05, 0.1) is 12.1 Å². The number of allylic oxidation sites excluding steroid dienone is 3. The van der Waals surface area contributed by atoms with Gasteiger partial charge >= 0.3 is 11.8 Å². The summed E-state index contributed by atoms with van der Waals surface area (Å²) in [6.45, 7) is 11.6. The first kappa shape index (κ1) is 31.4. The summed E-state index contributed by atoms with van der Waals surface area (Å²) in [6.07, 6.45) is 6.07. The van der Waals surface area contributed by atoms with Gasteiger partial charge in [0.2, 0.25) is 0 Å². The number of amidine groups is 1. The van der Waals surface area contributed by atoms with Crippen molar-refractivity contribution in [2.45, 2.75) is 58.7 Å². The fourth-order valence-electron chi connectivity index (χ4n) is 4.43. The second-order valence-electron chi connectivity index (χ2n) is 10.4. The van der Waals surface area contributed by atoms with Crippen LogP contribution in [-0.2, 0) is 11.3 Å². The Morgan fingerprint density at radius 2 is 1.88 bits per heavy atom. The summed E-state index contributed by atoms with van der Waals surface area (Å²) in [7, 11) is 0. The topological polar surface area (TPSA) is 150 Å². The van der Waals surface area contributed by atoms with E-state index in [1.165, 1.54) is 20.5 Å². The lowest BCUT2D eigenvalue weighted by atomic mass is 10.1. The number of carbonyl (C=O) groups is 1. The molecule has 0 bridgehead atoms. The van der Waals surface area contributed by atoms with Gasteiger partial charge in [0.1, 0.15) is 10.3 Å². The molecule has 1 aromatic carbocycles. The van der Waals surface area contributed by atoms with Crippen molar-refractivity contribution in [3.05, 3.63) is 82.0 Å². The number of aromatic nitrogens is 2. The van der Waals surface area contributed by atoms with E-state index in [1.54, 1.807) is 11.0 Å². The van der Waals surface area contributed by atoms with Gasteiger partial charge in [-0.2, -0.15) is 5.10 Å². The number of ether oxygens (including phenoxy) is 1. The monoisotopic (exact) mass is 581 g/mol. The van der Waals surface area contributed by atoms with Gasteiger partial charge < -0.3 is 20.9 Å². The van der Waals surface area contributed by atoms with Gasteiger partial charge in [-0.15, -0.1) is 11.3 Å². The number of nitrogens with two attached hydrogens (primary N) is 2. The number of amides is 1. The van der Waals surface area contributed by atoms with E-state index < -0.39 is 17.4 Å². The van der Waals surface area contributed by atoms with Crippen LogP contribution in [0.15, 0.2) is 75.9 Å². The molecule has 4 rings (SSSR count). The standard InChI is InChI=1S/C24H31N7O4S.C5H8/c1-24(2,3)35-23(34)29-11-9-16(10-12-29)31-21(32)20-17(30(22(31)33)14-19(27-25)28-26)13-18(36-20)15-7-5-4-6-8-15;1-3-5-4-2/h4-8,13,16H,9-12,14,25-26H2,1-3H3,(H,27,28);3-5H,1H2,2H3/b;5-4-. The summed E-state index contributed by atoms with van der Waals surface area (Å²) in [6, 6.07) is 11.1. The molecule has 41 heavy (non-hydrogen) atoms. The number of hydrogen-bond acceptors (Lipinski definition) is 8. The van der Waals surface area contributed by atoms with Crippen LogP contribution in [0.3, 0.4) is 0 Å². The third-order valence-electron chi connectivity index (χ3n) is 6.35. The minimum Gasteiger partial charge on any atom is -0.444 e. The van der Waals surface area contributed by atoms with Gasteiger partial charge in [-0.05, 0) is 52.2 Å².